The Kier molecular flexibility index (Phi) is 10.8. The van der Waals surface area contributed by atoms with Gasteiger partial charge in [-0.1, -0.05) is 33.8 Å². The van der Waals surface area contributed by atoms with Crippen molar-refractivity contribution >= 4 is 28.3 Å². The van der Waals surface area contributed by atoms with Crippen LogP contribution in [0, 0.1) is 10.8 Å². The van der Waals surface area contributed by atoms with Gasteiger partial charge in [0.1, 0.15) is 23.1 Å². The number of benzene rings is 1. The van der Waals surface area contributed by atoms with Gasteiger partial charge in [-0.15, -0.1) is 4.28 Å². The van der Waals surface area contributed by atoms with Crippen molar-refractivity contribution in [1.82, 2.24) is 9.96 Å². The van der Waals surface area contributed by atoms with Gasteiger partial charge >= 0.3 is 22.4 Å². The van der Waals surface area contributed by atoms with E-state index in [0.29, 0.717) is 29.4 Å². The van der Waals surface area contributed by atoms with E-state index in [-0.39, 0.29) is 25.2 Å². The Hall–Kier alpha value is -3.10. The number of amides is 3. The molecule has 2 atom stereocenters. The SMILES string of the molecule is COc1cccc(OC)c1C(=O)OCC(C)(C)CC(C)(C)COS(=O)(=O)ON1C(=O)N(C)[C@H](C(N)=O)CC[C@@H]1C. The highest BCUT2D eigenvalue weighted by molar-refractivity contribution is 7.81. The fourth-order valence-corrected chi connectivity index (χ4v) is 5.67. The number of esters is 1. The van der Waals surface area contributed by atoms with E-state index < -0.39 is 51.2 Å². The van der Waals surface area contributed by atoms with Crippen LogP contribution in [0.3, 0.4) is 0 Å². The predicted octanol–water partition coefficient (Wildman–Crippen LogP) is 2.89. The Morgan fingerprint density at radius 3 is 2.10 bits per heavy atom. The molecule has 226 valence electrons. The third kappa shape index (κ3) is 8.70. The van der Waals surface area contributed by atoms with Crippen LogP contribution < -0.4 is 15.2 Å². The van der Waals surface area contributed by atoms with Gasteiger partial charge in [0.25, 0.3) is 0 Å². The Morgan fingerprint density at radius 2 is 1.57 bits per heavy atom. The number of hydrogen-bond donors (Lipinski definition) is 1. The molecule has 1 fully saturated rings. The first-order valence-corrected chi connectivity index (χ1v) is 14.1. The molecule has 0 aliphatic carbocycles. The third-order valence-electron chi connectivity index (χ3n) is 6.49. The summed E-state index contributed by atoms with van der Waals surface area (Å²) in [5.74, 6) is -0.683. The molecule has 1 heterocycles. The zero-order valence-electron chi connectivity index (χ0n) is 24.4. The zero-order valence-corrected chi connectivity index (χ0v) is 25.2. The van der Waals surface area contributed by atoms with E-state index in [0.717, 1.165) is 4.90 Å². The lowest BCUT2D eigenvalue weighted by atomic mass is 9.76. The molecule has 1 saturated heterocycles. The molecule has 13 nitrogen and oxygen atoms in total. The predicted molar refractivity (Wildman–Crippen MR) is 145 cm³/mol. The van der Waals surface area contributed by atoms with Crippen LogP contribution in [0.1, 0.15) is 64.2 Å². The van der Waals surface area contributed by atoms with Crippen molar-refractivity contribution in [2.75, 3.05) is 34.5 Å². The minimum absolute atomic E-state index is 0.0207. The number of methoxy groups -OCH3 is 2. The number of nitrogens with two attached hydrogens (primary N) is 1. The first-order chi connectivity index (χ1) is 18.4. The first-order valence-electron chi connectivity index (χ1n) is 12.8. The van der Waals surface area contributed by atoms with Crippen molar-refractivity contribution in [3.8, 4) is 11.5 Å². The molecule has 3 amide bonds. The third-order valence-corrected chi connectivity index (χ3v) is 7.24. The Labute approximate surface area is 236 Å². The molecule has 0 radical (unpaired) electrons. The maximum Gasteiger partial charge on any atom is 0.421 e. The van der Waals surface area contributed by atoms with E-state index in [1.807, 2.05) is 13.8 Å². The molecule has 2 rings (SSSR count). The van der Waals surface area contributed by atoms with Crippen LogP contribution in [-0.2, 0) is 28.4 Å². The lowest BCUT2D eigenvalue weighted by Gasteiger charge is -2.34. The molecular formula is C26H41N3O10S. The molecule has 14 heteroatoms. The highest BCUT2D eigenvalue weighted by Crippen LogP contribution is 2.36. The van der Waals surface area contributed by atoms with Crippen LogP contribution in [0.15, 0.2) is 18.2 Å². The Morgan fingerprint density at radius 1 is 1.02 bits per heavy atom. The topological polar surface area (TPSA) is 164 Å². The molecule has 0 unspecified atom stereocenters. The van der Waals surface area contributed by atoms with Crippen LogP contribution in [0.5, 0.6) is 11.5 Å². The first kappa shape index (κ1) is 33.1. The van der Waals surface area contributed by atoms with Crippen molar-refractivity contribution in [1.29, 1.82) is 0 Å². The largest absolute Gasteiger partial charge is 0.496 e. The number of hydrogen-bond acceptors (Lipinski definition) is 10. The van der Waals surface area contributed by atoms with Crippen LogP contribution in [0.25, 0.3) is 0 Å². The van der Waals surface area contributed by atoms with Gasteiger partial charge in [-0.3, -0.25) is 4.79 Å². The maximum absolute atomic E-state index is 12.9. The van der Waals surface area contributed by atoms with Gasteiger partial charge in [0.15, 0.2) is 0 Å². The number of carbonyl (C=O) groups excluding carboxylic acids is 3. The van der Waals surface area contributed by atoms with Crippen LogP contribution in [0.2, 0.25) is 0 Å². The summed E-state index contributed by atoms with van der Waals surface area (Å²) >= 11 is 0. The smallest absolute Gasteiger partial charge is 0.421 e. The number of hydroxylamine groups is 2. The molecule has 0 spiro atoms. The van der Waals surface area contributed by atoms with Crippen LogP contribution >= 0.6 is 0 Å². The molecule has 1 aromatic carbocycles. The average Bonchev–Trinajstić information content (AvgIpc) is 2.96. The van der Waals surface area contributed by atoms with Gasteiger partial charge in [-0.2, -0.15) is 13.5 Å². The summed E-state index contributed by atoms with van der Waals surface area (Å²) in [5, 5.41) is 0.681. The Balaban J connectivity index is 2.01. The summed E-state index contributed by atoms with van der Waals surface area (Å²) in [6.45, 7) is 8.67. The summed E-state index contributed by atoms with van der Waals surface area (Å²) in [7, 11) is -0.413. The van der Waals surface area contributed by atoms with Crippen LogP contribution in [0.4, 0.5) is 4.79 Å². The minimum atomic E-state index is -4.64. The van der Waals surface area contributed by atoms with E-state index in [1.165, 1.54) is 21.3 Å². The highest BCUT2D eigenvalue weighted by atomic mass is 32.3. The highest BCUT2D eigenvalue weighted by Gasteiger charge is 2.39. The van der Waals surface area contributed by atoms with E-state index in [4.69, 9.17) is 28.4 Å². The fraction of sp³-hybridized carbons (Fsp3) is 0.654. The van der Waals surface area contributed by atoms with Gasteiger partial charge in [0.2, 0.25) is 5.91 Å². The van der Waals surface area contributed by atoms with Gasteiger partial charge in [-0.25, -0.2) is 13.8 Å². The summed E-state index contributed by atoms with van der Waals surface area (Å²) in [6.07, 6.45) is 0.947. The minimum Gasteiger partial charge on any atom is -0.496 e. The van der Waals surface area contributed by atoms with Gasteiger partial charge in [0.05, 0.1) is 33.5 Å². The van der Waals surface area contributed by atoms with Crippen LogP contribution in [-0.4, -0.2) is 82.9 Å². The number of primary amides is 1. The number of likely N-dealkylation sites (N-methyl/N-ethyl adjacent to an activating group) is 1. The molecule has 40 heavy (non-hydrogen) atoms. The number of carbonyl (C=O) groups is 3. The molecular weight excluding hydrogens is 546 g/mol. The molecule has 1 aromatic rings. The van der Waals surface area contributed by atoms with Crippen molar-refractivity contribution in [2.45, 2.75) is 66.0 Å². The van der Waals surface area contributed by atoms with E-state index in [1.54, 1.807) is 39.0 Å². The van der Waals surface area contributed by atoms with E-state index in [9.17, 15) is 22.8 Å². The maximum atomic E-state index is 12.9. The standard InChI is InChI=1S/C26H41N3O10S/c1-17-12-13-18(22(27)30)28(6)24(32)29(17)39-40(33,34)38-16-26(4,5)14-25(2,3)15-37-23(31)21-19(35-7)10-9-11-20(21)36-8/h9-11,17-18H,12-16H2,1-8H3,(H2,27,30)/t17-,18-/m0/s1. The van der Waals surface area contributed by atoms with Gasteiger partial charge < -0.3 is 24.8 Å². The second-order valence-corrected chi connectivity index (χ2v) is 12.6. The number of nitrogens with zero attached hydrogens (tertiary/aromatic N) is 2. The van der Waals surface area contributed by atoms with Crippen molar-refractivity contribution in [2.24, 2.45) is 16.6 Å². The fourth-order valence-electron chi connectivity index (χ4n) is 4.76. The quantitative estimate of drug-likeness (QED) is 0.339. The Bertz CT molecular complexity index is 1160. The molecule has 0 bridgehead atoms. The second kappa shape index (κ2) is 13.0. The normalized spacial score (nSPS) is 18.8. The van der Waals surface area contributed by atoms with Crippen molar-refractivity contribution < 1.29 is 45.5 Å². The van der Waals surface area contributed by atoms with Gasteiger partial charge in [-0.05, 0) is 49.1 Å². The molecule has 0 aromatic heterocycles. The molecule has 1 aliphatic heterocycles. The summed E-state index contributed by atoms with van der Waals surface area (Å²) in [6, 6.07) is 2.59. The molecule has 2 N–H and O–H groups in total. The lowest BCUT2D eigenvalue weighted by Crippen LogP contribution is -2.50. The number of rotatable bonds is 13. The number of urea groups is 1. The second-order valence-electron chi connectivity index (χ2n) is 11.4. The summed E-state index contributed by atoms with van der Waals surface area (Å²) < 4.78 is 51.7. The van der Waals surface area contributed by atoms with Crippen molar-refractivity contribution in [3.05, 3.63) is 23.8 Å². The number of ether oxygens (including phenoxy) is 3. The zero-order chi connectivity index (χ0) is 30.5. The molecule has 0 saturated carbocycles. The summed E-state index contributed by atoms with van der Waals surface area (Å²) in [5.41, 5.74) is 4.25. The van der Waals surface area contributed by atoms with Gasteiger partial charge in [0, 0.05) is 7.05 Å². The van der Waals surface area contributed by atoms with Crippen molar-refractivity contribution in [3.63, 3.8) is 0 Å². The summed E-state index contributed by atoms with van der Waals surface area (Å²) in [4.78, 5) is 38.4. The van der Waals surface area contributed by atoms with E-state index in [2.05, 4.69) is 0 Å². The monoisotopic (exact) mass is 587 g/mol. The average molecular weight is 588 g/mol. The van der Waals surface area contributed by atoms with E-state index >= 15 is 0 Å². The lowest BCUT2D eigenvalue weighted by molar-refractivity contribution is -0.122. The molecule has 1 aliphatic rings.